The summed E-state index contributed by atoms with van der Waals surface area (Å²) >= 11 is 0.338. The number of carbonyl (C=O) groups is 2. The summed E-state index contributed by atoms with van der Waals surface area (Å²) in [6.07, 6.45) is -1.45. The van der Waals surface area contributed by atoms with Gasteiger partial charge in [0.1, 0.15) is 4.88 Å². The van der Waals surface area contributed by atoms with E-state index in [4.69, 9.17) is 0 Å². The van der Waals surface area contributed by atoms with Crippen LogP contribution in [-0.2, 0) is 11.0 Å². The zero-order valence-corrected chi connectivity index (χ0v) is 12.4. The van der Waals surface area contributed by atoms with E-state index in [9.17, 15) is 27.9 Å². The zero-order chi connectivity index (χ0) is 16.4. The number of nitrogens with zero attached hydrogens (tertiary/aromatic N) is 1. The number of hydrogen-bond acceptors (Lipinski definition) is 4. The molecule has 0 aromatic carbocycles. The molecule has 0 bridgehead atoms. The number of aromatic nitrogens is 1. The molecule has 1 saturated carbocycles. The maximum absolute atomic E-state index is 12.7. The molecule has 0 spiro atoms. The molecule has 1 aliphatic carbocycles. The third kappa shape index (κ3) is 3.40. The molecule has 1 aliphatic rings. The normalized spacial score (nSPS) is 18.0. The molecule has 1 aromatic rings. The fourth-order valence-corrected chi connectivity index (χ4v) is 3.29. The summed E-state index contributed by atoms with van der Waals surface area (Å²) in [5.74, 6) is -2.01. The topological polar surface area (TPSA) is 79.3 Å². The van der Waals surface area contributed by atoms with Crippen LogP contribution in [0.15, 0.2) is 5.51 Å². The maximum Gasteiger partial charge on any atom is 0.427 e. The summed E-state index contributed by atoms with van der Waals surface area (Å²) in [5.41, 5.74) is -0.845. The van der Waals surface area contributed by atoms with Crippen molar-refractivity contribution in [3.05, 3.63) is 16.1 Å². The number of carboxylic acids is 1. The maximum atomic E-state index is 12.7. The lowest BCUT2D eigenvalue weighted by molar-refractivity contribution is -0.150. The van der Waals surface area contributed by atoms with Crippen molar-refractivity contribution in [2.24, 2.45) is 5.41 Å². The molecule has 9 heteroatoms. The standard InChI is InChI=1S/C13H15F3N2O3S/c14-13(15,16)9-8(18-7-22-9)10(19)17-6-12(11(20)21)4-2-1-3-5-12/h7H,1-6H2,(H,17,19)(H,20,21). The predicted octanol–water partition coefficient (Wildman–Crippen LogP) is 2.93. The van der Waals surface area contributed by atoms with E-state index in [1.807, 2.05) is 0 Å². The molecule has 22 heavy (non-hydrogen) atoms. The van der Waals surface area contributed by atoms with Crippen molar-refractivity contribution in [2.75, 3.05) is 6.54 Å². The van der Waals surface area contributed by atoms with E-state index in [1.165, 1.54) is 0 Å². The Bertz CT molecular complexity index is 565. The molecular formula is C13H15F3N2O3S. The van der Waals surface area contributed by atoms with Crippen molar-refractivity contribution in [1.82, 2.24) is 10.3 Å². The number of carbonyl (C=O) groups excluding carboxylic acids is 1. The molecule has 1 amide bonds. The summed E-state index contributed by atoms with van der Waals surface area (Å²) in [4.78, 5) is 25.8. The molecule has 0 radical (unpaired) electrons. The highest BCUT2D eigenvalue weighted by Crippen LogP contribution is 2.37. The highest BCUT2D eigenvalue weighted by molar-refractivity contribution is 7.10. The van der Waals surface area contributed by atoms with E-state index in [2.05, 4.69) is 10.3 Å². The number of thiazole rings is 1. The number of alkyl halides is 3. The Morgan fingerprint density at radius 3 is 2.50 bits per heavy atom. The molecule has 2 rings (SSSR count). The first kappa shape index (κ1) is 16.7. The van der Waals surface area contributed by atoms with Crippen molar-refractivity contribution in [3.8, 4) is 0 Å². The molecule has 1 fully saturated rings. The van der Waals surface area contributed by atoms with Crippen molar-refractivity contribution in [2.45, 2.75) is 38.3 Å². The van der Waals surface area contributed by atoms with Gasteiger partial charge in [-0.25, -0.2) is 4.98 Å². The van der Waals surface area contributed by atoms with Gasteiger partial charge in [-0.1, -0.05) is 19.3 Å². The molecule has 1 heterocycles. The van der Waals surface area contributed by atoms with Crippen LogP contribution in [-0.4, -0.2) is 28.5 Å². The summed E-state index contributed by atoms with van der Waals surface area (Å²) < 4.78 is 38.2. The van der Waals surface area contributed by atoms with Crippen LogP contribution in [0.1, 0.15) is 47.5 Å². The van der Waals surface area contributed by atoms with Crippen molar-refractivity contribution < 1.29 is 27.9 Å². The lowest BCUT2D eigenvalue weighted by Crippen LogP contribution is -2.44. The summed E-state index contributed by atoms with van der Waals surface area (Å²) in [5, 5.41) is 11.7. The SMILES string of the molecule is O=C(NCC1(C(=O)O)CCCCC1)c1ncsc1C(F)(F)F. The highest BCUT2D eigenvalue weighted by atomic mass is 32.1. The number of carboxylic acid groups (broad SMARTS) is 1. The van der Waals surface area contributed by atoms with Crippen LogP contribution in [0.25, 0.3) is 0 Å². The van der Waals surface area contributed by atoms with Gasteiger partial charge in [0.2, 0.25) is 0 Å². The minimum atomic E-state index is -4.65. The van der Waals surface area contributed by atoms with Gasteiger partial charge in [0.15, 0.2) is 5.69 Å². The van der Waals surface area contributed by atoms with Gasteiger partial charge in [-0.3, -0.25) is 9.59 Å². The fourth-order valence-electron chi connectivity index (χ4n) is 2.64. The summed E-state index contributed by atoms with van der Waals surface area (Å²) in [7, 11) is 0. The number of amides is 1. The average Bonchev–Trinajstić information content (AvgIpc) is 2.95. The number of aliphatic carboxylic acids is 1. The summed E-state index contributed by atoms with van der Waals surface area (Å²) in [6.45, 7) is -0.185. The average molecular weight is 336 g/mol. The number of rotatable bonds is 4. The highest BCUT2D eigenvalue weighted by Gasteiger charge is 2.41. The second kappa shape index (κ2) is 6.23. The lowest BCUT2D eigenvalue weighted by atomic mass is 9.74. The minimum Gasteiger partial charge on any atom is -0.481 e. The molecular weight excluding hydrogens is 321 g/mol. The van der Waals surface area contributed by atoms with E-state index in [-0.39, 0.29) is 6.54 Å². The zero-order valence-electron chi connectivity index (χ0n) is 11.6. The molecule has 2 N–H and O–H groups in total. The van der Waals surface area contributed by atoms with Crippen LogP contribution in [0.4, 0.5) is 13.2 Å². The third-order valence-electron chi connectivity index (χ3n) is 3.89. The van der Waals surface area contributed by atoms with Gasteiger partial charge < -0.3 is 10.4 Å². The van der Waals surface area contributed by atoms with Crippen LogP contribution >= 0.6 is 11.3 Å². The van der Waals surface area contributed by atoms with E-state index >= 15 is 0 Å². The van der Waals surface area contributed by atoms with E-state index in [1.54, 1.807) is 0 Å². The van der Waals surface area contributed by atoms with Crippen molar-refractivity contribution >= 4 is 23.2 Å². The van der Waals surface area contributed by atoms with Crippen LogP contribution in [0, 0.1) is 5.41 Å². The third-order valence-corrected chi connectivity index (χ3v) is 4.76. The largest absolute Gasteiger partial charge is 0.481 e. The number of halogens is 3. The van der Waals surface area contributed by atoms with Crippen LogP contribution in [0.2, 0.25) is 0 Å². The second-order valence-corrected chi connectivity index (χ2v) is 6.21. The number of hydrogen-bond donors (Lipinski definition) is 2. The van der Waals surface area contributed by atoms with Gasteiger partial charge in [0, 0.05) is 6.54 Å². The van der Waals surface area contributed by atoms with Crippen LogP contribution in [0.3, 0.4) is 0 Å². The lowest BCUT2D eigenvalue weighted by Gasteiger charge is -2.33. The van der Waals surface area contributed by atoms with E-state index in [0.29, 0.717) is 24.2 Å². The van der Waals surface area contributed by atoms with Gasteiger partial charge in [-0.05, 0) is 12.8 Å². The first-order valence-electron chi connectivity index (χ1n) is 6.78. The minimum absolute atomic E-state index is 0.185. The first-order chi connectivity index (χ1) is 10.3. The first-order valence-corrected chi connectivity index (χ1v) is 7.66. The van der Waals surface area contributed by atoms with Gasteiger partial charge in [-0.15, -0.1) is 11.3 Å². The quantitative estimate of drug-likeness (QED) is 0.886. The Hall–Kier alpha value is -1.64. The summed E-state index contributed by atoms with van der Waals surface area (Å²) in [6, 6.07) is 0. The van der Waals surface area contributed by atoms with E-state index < -0.39 is 34.0 Å². The number of nitrogens with one attached hydrogen (secondary N) is 1. The van der Waals surface area contributed by atoms with Crippen LogP contribution in [0.5, 0.6) is 0 Å². The Labute approximate surface area is 128 Å². The van der Waals surface area contributed by atoms with Crippen LogP contribution < -0.4 is 5.32 Å². The van der Waals surface area contributed by atoms with Gasteiger partial charge in [-0.2, -0.15) is 13.2 Å². The molecule has 0 atom stereocenters. The molecule has 0 saturated heterocycles. The Morgan fingerprint density at radius 2 is 1.95 bits per heavy atom. The molecule has 122 valence electrons. The van der Waals surface area contributed by atoms with Gasteiger partial charge in [0.25, 0.3) is 5.91 Å². The smallest absolute Gasteiger partial charge is 0.427 e. The van der Waals surface area contributed by atoms with Gasteiger partial charge in [0.05, 0.1) is 10.9 Å². The van der Waals surface area contributed by atoms with Gasteiger partial charge >= 0.3 is 12.1 Å². The predicted molar refractivity (Wildman–Crippen MR) is 72.6 cm³/mol. The monoisotopic (exact) mass is 336 g/mol. The fraction of sp³-hybridized carbons (Fsp3) is 0.615. The molecule has 0 aliphatic heterocycles. The molecule has 0 unspecified atom stereocenters. The Kier molecular flexibility index (Phi) is 4.74. The second-order valence-electron chi connectivity index (χ2n) is 5.36. The Balaban J connectivity index is 2.09. The van der Waals surface area contributed by atoms with E-state index in [0.717, 1.165) is 24.8 Å². The molecule has 5 nitrogen and oxygen atoms in total. The Morgan fingerprint density at radius 1 is 1.32 bits per heavy atom. The van der Waals surface area contributed by atoms with Crippen molar-refractivity contribution in [1.29, 1.82) is 0 Å². The van der Waals surface area contributed by atoms with Crippen molar-refractivity contribution in [3.63, 3.8) is 0 Å². The molecule has 1 aromatic heterocycles.